The number of nitrogens with zero attached hydrogens (tertiary/aromatic N) is 1. The molecule has 5 heteroatoms. The Bertz CT molecular complexity index is 584. The molecule has 2 aromatic carbocycles. The summed E-state index contributed by atoms with van der Waals surface area (Å²) >= 11 is 4.20. The van der Waals surface area contributed by atoms with Gasteiger partial charge >= 0.3 is 0 Å². The molecule has 1 aliphatic rings. The topological polar surface area (TPSA) is 64.5 Å². The first-order chi connectivity index (χ1) is 12.2. The van der Waals surface area contributed by atoms with Gasteiger partial charge in [0.15, 0.2) is 0 Å². The zero-order valence-electron chi connectivity index (χ0n) is 14.7. The van der Waals surface area contributed by atoms with Gasteiger partial charge in [0.25, 0.3) is 0 Å². The average molecular weight is 360 g/mol. The number of para-hydroxylation sites is 1. The normalized spacial score (nSPS) is 15.3. The van der Waals surface area contributed by atoms with Crippen LogP contribution in [0.15, 0.2) is 59.5 Å². The molecule has 1 saturated heterocycles. The summed E-state index contributed by atoms with van der Waals surface area (Å²) < 4.78 is 5.60. The lowest BCUT2D eigenvalue weighted by molar-refractivity contribution is 0.192. The van der Waals surface area contributed by atoms with Gasteiger partial charge in [0.2, 0.25) is 0 Å². The summed E-state index contributed by atoms with van der Waals surface area (Å²) in [4.78, 5) is 3.36. The zero-order chi connectivity index (χ0) is 17.9. The summed E-state index contributed by atoms with van der Waals surface area (Å²) in [5.41, 5.74) is 11.0. The lowest BCUT2D eigenvalue weighted by atomic mass is 9.97. The van der Waals surface area contributed by atoms with Gasteiger partial charge in [-0.1, -0.05) is 18.2 Å². The second-order valence-electron chi connectivity index (χ2n) is 6.22. The van der Waals surface area contributed by atoms with Crippen LogP contribution in [-0.2, 0) is 0 Å². The Hall–Kier alpha value is -1.53. The van der Waals surface area contributed by atoms with E-state index in [9.17, 15) is 0 Å². The van der Waals surface area contributed by atoms with Crippen molar-refractivity contribution in [1.82, 2.24) is 4.90 Å². The minimum atomic E-state index is 0.768. The van der Waals surface area contributed by atoms with E-state index in [1.54, 1.807) is 0 Å². The molecule has 1 heterocycles. The molecule has 0 radical (unpaired) electrons. The molecule has 3 rings (SSSR count). The van der Waals surface area contributed by atoms with Crippen LogP contribution in [0.1, 0.15) is 12.8 Å². The van der Waals surface area contributed by atoms with Gasteiger partial charge in [-0.15, -0.1) is 12.6 Å². The molecular weight excluding hydrogens is 330 g/mol. The highest BCUT2D eigenvalue weighted by Gasteiger charge is 2.16. The van der Waals surface area contributed by atoms with Crippen LogP contribution < -0.4 is 16.2 Å². The average Bonchev–Trinajstić information content (AvgIpc) is 2.66. The summed E-state index contributed by atoms with van der Waals surface area (Å²) in [5, 5.41) is 0. The van der Waals surface area contributed by atoms with Crippen molar-refractivity contribution in [2.45, 2.75) is 17.7 Å². The lowest BCUT2D eigenvalue weighted by Gasteiger charge is -2.30. The summed E-state index contributed by atoms with van der Waals surface area (Å²) in [5.74, 6) is 2.44. The van der Waals surface area contributed by atoms with Crippen molar-refractivity contribution in [3.05, 3.63) is 54.6 Å². The van der Waals surface area contributed by atoms with Crippen molar-refractivity contribution in [2.24, 2.45) is 17.4 Å². The van der Waals surface area contributed by atoms with Crippen LogP contribution in [0, 0.1) is 5.92 Å². The van der Waals surface area contributed by atoms with E-state index >= 15 is 0 Å². The highest BCUT2D eigenvalue weighted by Crippen LogP contribution is 2.21. The molecule has 0 unspecified atom stereocenters. The molecule has 0 saturated carbocycles. The Labute approximate surface area is 156 Å². The molecular formula is C20H29N3OS. The number of thiol groups is 1. The Morgan fingerprint density at radius 1 is 0.920 bits per heavy atom. The molecule has 0 aromatic heterocycles. The maximum Gasteiger partial charge on any atom is 0.127 e. The van der Waals surface area contributed by atoms with E-state index in [0.29, 0.717) is 0 Å². The summed E-state index contributed by atoms with van der Waals surface area (Å²) in [6.07, 6.45) is 2.52. The molecule has 4 nitrogen and oxygen atoms in total. The van der Waals surface area contributed by atoms with Crippen LogP contribution in [0.5, 0.6) is 11.5 Å². The molecule has 1 aliphatic heterocycles. The number of piperidine rings is 1. The summed E-state index contributed by atoms with van der Waals surface area (Å²) in [6.45, 7) is 5.08. The van der Waals surface area contributed by atoms with Crippen molar-refractivity contribution in [1.29, 1.82) is 0 Å². The van der Waals surface area contributed by atoms with Crippen LogP contribution >= 0.6 is 12.6 Å². The molecule has 25 heavy (non-hydrogen) atoms. The monoisotopic (exact) mass is 359 g/mol. The highest BCUT2D eigenvalue weighted by atomic mass is 32.1. The van der Waals surface area contributed by atoms with Gasteiger partial charge in [-0.25, -0.2) is 0 Å². The molecule has 0 aliphatic carbocycles. The molecule has 136 valence electrons. The van der Waals surface area contributed by atoms with Crippen molar-refractivity contribution < 1.29 is 4.74 Å². The fourth-order valence-electron chi connectivity index (χ4n) is 2.77. The predicted octanol–water partition coefficient (Wildman–Crippen LogP) is 3.38. The van der Waals surface area contributed by atoms with Crippen LogP contribution in [0.3, 0.4) is 0 Å². The first-order valence-corrected chi connectivity index (χ1v) is 9.30. The van der Waals surface area contributed by atoms with Crippen molar-refractivity contribution in [3.63, 3.8) is 0 Å². The van der Waals surface area contributed by atoms with Crippen LogP contribution in [0.2, 0.25) is 0 Å². The zero-order valence-corrected chi connectivity index (χ0v) is 15.6. The molecule has 0 spiro atoms. The quantitative estimate of drug-likeness (QED) is 0.716. The van der Waals surface area contributed by atoms with Crippen LogP contribution in [0.25, 0.3) is 0 Å². The minimum Gasteiger partial charge on any atom is -0.457 e. The SMILES string of the molecule is NCCN1CCC(CN)CC1.Sc1ccc(Oc2ccccc2)cc1. The van der Waals surface area contributed by atoms with E-state index in [-0.39, 0.29) is 0 Å². The first-order valence-electron chi connectivity index (χ1n) is 8.85. The molecule has 1 fully saturated rings. The van der Waals surface area contributed by atoms with Gasteiger partial charge in [0.05, 0.1) is 0 Å². The smallest absolute Gasteiger partial charge is 0.127 e. The van der Waals surface area contributed by atoms with Gasteiger partial charge in [-0.05, 0) is 74.8 Å². The largest absolute Gasteiger partial charge is 0.457 e. The van der Waals surface area contributed by atoms with E-state index in [2.05, 4.69) is 17.5 Å². The van der Waals surface area contributed by atoms with E-state index in [0.717, 1.165) is 41.9 Å². The van der Waals surface area contributed by atoms with Crippen LogP contribution in [0.4, 0.5) is 0 Å². The Morgan fingerprint density at radius 3 is 2.08 bits per heavy atom. The summed E-state index contributed by atoms with van der Waals surface area (Å²) in [6, 6.07) is 17.3. The molecule has 4 N–H and O–H groups in total. The number of nitrogens with two attached hydrogens (primary N) is 2. The first kappa shape index (κ1) is 19.8. The lowest BCUT2D eigenvalue weighted by Crippen LogP contribution is -2.38. The summed E-state index contributed by atoms with van der Waals surface area (Å²) in [7, 11) is 0. The molecule has 0 atom stereocenters. The van der Waals surface area contributed by atoms with Gasteiger partial charge in [0.1, 0.15) is 11.5 Å². The maximum absolute atomic E-state index is 5.60. The second-order valence-corrected chi connectivity index (χ2v) is 6.73. The predicted molar refractivity (Wildman–Crippen MR) is 107 cm³/mol. The molecule has 0 bridgehead atoms. The number of hydrogen-bond acceptors (Lipinski definition) is 5. The van der Waals surface area contributed by atoms with Gasteiger partial charge in [-0.3, -0.25) is 0 Å². The fourth-order valence-corrected chi connectivity index (χ4v) is 2.92. The van der Waals surface area contributed by atoms with E-state index in [4.69, 9.17) is 16.2 Å². The van der Waals surface area contributed by atoms with E-state index in [1.807, 2.05) is 54.6 Å². The molecule has 0 amide bonds. The van der Waals surface area contributed by atoms with Crippen molar-refractivity contribution in [3.8, 4) is 11.5 Å². The third kappa shape index (κ3) is 7.48. The number of rotatable bonds is 5. The van der Waals surface area contributed by atoms with Crippen molar-refractivity contribution >= 4 is 12.6 Å². The minimum absolute atomic E-state index is 0.768. The van der Waals surface area contributed by atoms with Gasteiger partial charge < -0.3 is 21.1 Å². The maximum atomic E-state index is 5.60. The van der Waals surface area contributed by atoms with E-state index < -0.39 is 0 Å². The highest BCUT2D eigenvalue weighted by molar-refractivity contribution is 7.80. The number of likely N-dealkylation sites (tertiary alicyclic amines) is 1. The number of ether oxygens (including phenoxy) is 1. The second kappa shape index (κ2) is 11.2. The van der Waals surface area contributed by atoms with Crippen molar-refractivity contribution in [2.75, 3.05) is 32.7 Å². The number of hydrogen-bond donors (Lipinski definition) is 3. The Kier molecular flexibility index (Phi) is 8.83. The number of benzene rings is 2. The fraction of sp³-hybridized carbons (Fsp3) is 0.400. The van der Waals surface area contributed by atoms with Gasteiger partial charge in [-0.2, -0.15) is 0 Å². The van der Waals surface area contributed by atoms with E-state index in [1.165, 1.54) is 25.9 Å². The third-order valence-corrected chi connectivity index (χ3v) is 4.60. The standard InChI is InChI=1S/C12H10OS.C8H19N3/c14-12-8-6-11(7-9-12)13-10-4-2-1-3-5-10;9-3-6-11-4-1-8(7-10)2-5-11/h1-9,14H;8H,1-7,9-10H2. The Morgan fingerprint density at radius 2 is 1.52 bits per heavy atom. The third-order valence-electron chi connectivity index (χ3n) is 4.30. The van der Waals surface area contributed by atoms with Crippen LogP contribution in [-0.4, -0.2) is 37.6 Å². The molecule has 2 aromatic rings. The van der Waals surface area contributed by atoms with Gasteiger partial charge in [0, 0.05) is 18.0 Å². The Balaban J connectivity index is 0.000000186.